The second-order valence-electron chi connectivity index (χ2n) is 5.91. The zero-order valence-corrected chi connectivity index (χ0v) is 15.2. The SMILES string of the molecule is COC(=O)c1ccc(C(=O)OCC(=O)Nc2ccc3c(c2)OCCCO3)cc1. The Morgan fingerprint density at radius 2 is 1.57 bits per heavy atom. The molecule has 8 nitrogen and oxygen atoms in total. The number of nitrogens with one attached hydrogen (secondary N) is 1. The lowest BCUT2D eigenvalue weighted by molar-refractivity contribution is -0.119. The maximum absolute atomic E-state index is 12.0. The Labute approximate surface area is 161 Å². The van der Waals surface area contributed by atoms with Crippen molar-refractivity contribution >= 4 is 23.5 Å². The molecule has 0 fully saturated rings. The van der Waals surface area contributed by atoms with Gasteiger partial charge in [-0.3, -0.25) is 4.79 Å². The maximum atomic E-state index is 12.0. The molecule has 0 aliphatic carbocycles. The van der Waals surface area contributed by atoms with Gasteiger partial charge in [0.1, 0.15) is 0 Å². The van der Waals surface area contributed by atoms with Gasteiger partial charge in [0.15, 0.2) is 18.1 Å². The Kier molecular flexibility index (Phi) is 6.11. The van der Waals surface area contributed by atoms with Gasteiger partial charge >= 0.3 is 11.9 Å². The highest BCUT2D eigenvalue weighted by molar-refractivity contribution is 5.96. The van der Waals surface area contributed by atoms with Crippen LogP contribution in [-0.2, 0) is 14.3 Å². The van der Waals surface area contributed by atoms with Gasteiger partial charge in [-0.15, -0.1) is 0 Å². The summed E-state index contributed by atoms with van der Waals surface area (Å²) in [7, 11) is 1.27. The van der Waals surface area contributed by atoms with Crippen LogP contribution in [0.25, 0.3) is 0 Å². The Balaban J connectivity index is 1.53. The molecule has 0 saturated heterocycles. The molecular weight excluding hydrogens is 366 g/mol. The molecule has 1 amide bonds. The van der Waals surface area contributed by atoms with Crippen LogP contribution in [0, 0.1) is 0 Å². The lowest BCUT2D eigenvalue weighted by Crippen LogP contribution is -2.21. The van der Waals surface area contributed by atoms with Gasteiger partial charge in [-0.2, -0.15) is 0 Å². The van der Waals surface area contributed by atoms with Crippen LogP contribution < -0.4 is 14.8 Å². The number of ether oxygens (including phenoxy) is 4. The van der Waals surface area contributed by atoms with Crippen molar-refractivity contribution in [2.45, 2.75) is 6.42 Å². The Morgan fingerprint density at radius 3 is 2.25 bits per heavy atom. The van der Waals surface area contributed by atoms with E-state index in [4.69, 9.17) is 14.2 Å². The summed E-state index contributed by atoms with van der Waals surface area (Å²) < 4.78 is 20.7. The number of methoxy groups -OCH3 is 1. The molecule has 8 heteroatoms. The van der Waals surface area contributed by atoms with E-state index in [2.05, 4.69) is 10.1 Å². The summed E-state index contributed by atoms with van der Waals surface area (Å²) in [5.74, 6) is -0.496. The van der Waals surface area contributed by atoms with E-state index in [0.29, 0.717) is 36.0 Å². The molecule has 1 aliphatic heterocycles. The molecular formula is C20H19NO7. The first-order valence-electron chi connectivity index (χ1n) is 8.62. The number of rotatable bonds is 5. The molecule has 0 unspecified atom stereocenters. The van der Waals surface area contributed by atoms with Crippen molar-refractivity contribution in [2.75, 3.05) is 32.2 Å². The lowest BCUT2D eigenvalue weighted by Gasteiger charge is -2.10. The molecule has 2 aromatic carbocycles. The zero-order chi connectivity index (χ0) is 19.9. The minimum absolute atomic E-state index is 0.219. The number of carbonyl (C=O) groups excluding carboxylic acids is 3. The Bertz CT molecular complexity index is 877. The van der Waals surface area contributed by atoms with Gasteiger partial charge in [0.25, 0.3) is 5.91 Å². The van der Waals surface area contributed by atoms with Crippen LogP contribution in [0.4, 0.5) is 5.69 Å². The lowest BCUT2D eigenvalue weighted by atomic mass is 10.1. The van der Waals surface area contributed by atoms with E-state index in [1.807, 2.05) is 0 Å². The van der Waals surface area contributed by atoms with E-state index in [9.17, 15) is 14.4 Å². The molecule has 3 rings (SSSR count). The van der Waals surface area contributed by atoms with E-state index in [1.165, 1.54) is 31.4 Å². The van der Waals surface area contributed by atoms with Crippen LogP contribution in [0.2, 0.25) is 0 Å². The van der Waals surface area contributed by atoms with E-state index >= 15 is 0 Å². The first-order chi connectivity index (χ1) is 13.6. The zero-order valence-electron chi connectivity index (χ0n) is 15.2. The van der Waals surface area contributed by atoms with Crippen molar-refractivity contribution in [3.05, 3.63) is 53.6 Å². The van der Waals surface area contributed by atoms with Gasteiger partial charge in [-0.05, 0) is 36.4 Å². The third-order valence-electron chi connectivity index (χ3n) is 3.91. The summed E-state index contributed by atoms with van der Waals surface area (Å²) in [6.45, 7) is 0.665. The predicted molar refractivity (Wildman–Crippen MR) is 98.7 cm³/mol. The Hall–Kier alpha value is -3.55. The number of esters is 2. The van der Waals surface area contributed by atoms with E-state index in [1.54, 1.807) is 18.2 Å². The van der Waals surface area contributed by atoms with Gasteiger partial charge in [0.2, 0.25) is 0 Å². The fourth-order valence-electron chi connectivity index (χ4n) is 2.51. The number of amides is 1. The molecule has 146 valence electrons. The number of fused-ring (bicyclic) bond motifs is 1. The normalized spacial score (nSPS) is 12.5. The van der Waals surface area contributed by atoms with Crippen LogP contribution in [0.5, 0.6) is 11.5 Å². The third kappa shape index (κ3) is 4.79. The molecule has 0 atom stereocenters. The van der Waals surface area contributed by atoms with Crippen molar-refractivity contribution in [1.29, 1.82) is 0 Å². The number of benzene rings is 2. The van der Waals surface area contributed by atoms with Crippen molar-refractivity contribution in [2.24, 2.45) is 0 Å². The third-order valence-corrected chi connectivity index (χ3v) is 3.91. The van der Waals surface area contributed by atoms with E-state index in [0.717, 1.165) is 6.42 Å². The second-order valence-corrected chi connectivity index (χ2v) is 5.91. The molecule has 0 saturated carbocycles. The first-order valence-corrected chi connectivity index (χ1v) is 8.62. The number of hydrogen-bond donors (Lipinski definition) is 1. The summed E-state index contributed by atoms with van der Waals surface area (Å²) in [5, 5.41) is 2.64. The standard InChI is InChI=1S/C20H19NO7/c1-25-19(23)13-3-5-14(6-4-13)20(24)28-12-18(22)21-15-7-8-16-17(11-15)27-10-2-9-26-16/h3-8,11H,2,9-10,12H2,1H3,(H,21,22). The van der Waals surface area contributed by atoms with Gasteiger partial charge in [0, 0.05) is 18.2 Å². The number of hydrogen-bond acceptors (Lipinski definition) is 7. The summed E-state index contributed by atoms with van der Waals surface area (Å²) in [5.41, 5.74) is 1.04. The fourth-order valence-corrected chi connectivity index (χ4v) is 2.51. The average Bonchev–Trinajstić information content (AvgIpc) is 2.96. The van der Waals surface area contributed by atoms with Crippen molar-refractivity contribution in [1.82, 2.24) is 0 Å². The quantitative estimate of drug-likeness (QED) is 0.789. The summed E-state index contributed by atoms with van der Waals surface area (Å²) in [6, 6.07) is 10.8. The van der Waals surface area contributed by atoms with Gasteiger partial charge in [-0.25, -0.2) is 9.59 Å². The highest BCUT2D eigenvalue weighted by atomic mass is 16.5. The number of anilines is 1. The molecule has 1 heterocycles. The number of carbonyl (C=O) groups is 3. The molecule has 1 N–H and O–H groups in total. The van der Waals surface area contributed by atoms with Crippen LogP contribution in [-0.4, -0.2) is 44.8 Å². The molecule has 28 heavy (non-hydrogen) atoms. The highest BCUT2D eigenvalue weighted by Crippen LogP contribution is 2.32. The maximum Gasteiger partial charge on any atom is 0.338 e. The van der Waals surface area contributed by atoms with Crippen LogP contribution in [0.15, 0.2) is 42.5 Å². The molecule has 0 spiro atoms. The summed E-state index contributed by atoms with van der Waals surface area (Å²) in [4.78, 5) is 35.5. The minimum atomic E-state index is -0.676. The fraction of sp³-hybridized carbons (Fsp3) is 0.250. The molecule has 2 aromatic rings. The largest absolute Gasteiger partial charge is 0.490 e. The molecule has 1 aliphatic rings. The van der Waals surface area contributed by atoms with Gasteiger partial charge in [0.05, 0.1) is 31.5 Å². The summed E-state index contributed by atoms with van der Waals surface area (Å²) in [6.07, 6.45) is 0.785. The topological polar surface area (TPSA) is 100 Å². The van der Waals surface area contributed by atoms with Crippen LogP contribution in [0.1, 0.15) is 27.1 Å². The average molecular weight is 385 g/mol. The molecule has 0 aromatic heterocycles. The molecule has 0 radical (unpaired) electrons. The van der Waals surface area contributed by atoms with Crippen molar-refractivity contribution in [3.63, 3.8) is 0 Å². The van der Waals surface area contributed by atoms with Gasteiger partial charge in [-0.1, -0.05) is 0 Å². The van der Waals surface area contributed by atoms with E-state index in [-0.39, 0.29) is 5.56 Å². The van der Waals surface area contributed by atoms with E-state index < -0.39 is 24.5 Å². The minimum Gasteiger partial charge on any atom is -0.490 e. The smallest absolute Gasteiger partial charge is 0.338 e. The predicted octanol–water partition coefficient (Wildman–Crippen LogP) is 2.43. The van der Waals surface area contributed by atoms with Crippen molar-refractivity contribution < 1.29 is 33.3 Å². The summed E-state index contributed by atoms with van der Waals surface area (Å²) >= 11 is 0. The van der Waals surface area contributed by atoms with Crippen LogP contribution >= 0.6 is 0 Å². The monoisotopic (exact) mass is 385 g/mol. The second kappa shape index (κ2) is 8.90. The van der Waals surface area contributed by atoms with Gasteiger partial charge < -0.3 is 24.3 Å². The van der Waals surface area contributed by atoms with Crippen molar-refractivity contribution in [3.8, 4) is 11.5 Å². The van der Waals surface area contributed by atoms with Crippen LogP contribution in [0.3, 0.4) is 0 Å². The highest BCUT2D eigenvalue weighted by Gasteiger charge is 2.14. The molecule has 0 bridgehead atoms. The Morgan fingerprint density at radius 1 is 0.929 bits per heavy atom. The first kappa shape index (κ1) is 19.2.